The molecule has 0 saturated carbocycles. The summed E-state index contributed by atoms with van der Waals surface area (Å²) in [5.74, 6) is -1.99. The molecule has 0 spiro atoms. The third kappa shape index (κ3) is 4.63. The van der Waals surface area contributed by atoms with E-state index in [1.165, 1.54) is 0 Å². The number of esters is 1. The van der Waals surface area contributed by atoms with Gasteiger partial charge < -0.3 is 15.8 Å². The Balaban J connectivity index is 1.88. The molecule has 1 heterocycles. The Morgan fingerprint density at radius 1 is 1.07 bits per heavy atom. The monoisotopic (exact) mass is 397 g/mol. The second-order valence-electron chi connectivity index (χ2n) is 5.90. The summed E-state index contributed by atoms with van der Waals surface area (Å²) in [6.07, 6.45) is 0. The lowest BCUT2D eigenvalue weighted by Gasteiger charge is -2.10. The van der Waals surface area contributed by atoms with Crippen molar-refractivity contribution in [1.82, 2.24) is 10.3 Å². The number of fused-ring (bicyclic) bond motifs is 1. The number of amides is 2. The van der Waals surface area contributed by atoms with Gasteiger partial charge in [-0.1, -0.05) is 41.9 Å². The van der Waals surface area contributed by atoms with Crippen LogP contribution in [0.15, 0.2) is 54.6 Å². The van der Waals surface area contributed by atoms with Crippen LogP contribution in [0.25, 0.3) is 22.2 Å². The molecule has 2 amide bonds. The predicted molar refractivity (Wildman–Crippen MR) is 105 cm³/mol. The molecule has 0 saturated heterocycles. The Morgan fingerprint density at radius 3 is 2.50 bits per heavy atom. The molecule has 3 aromatic rings. The largest absolute Gasteiger partial charge is 0.452 e. The fourth-order valence-corrected chi connectivity index (χ4v) is 2.68. The number of primary amides is 1. The lowest BCUT2D eigenvalue weighted by molar-refractivity contribution is -0.127. The van der Waals surface area contributed by atoms with Gasteiger partial charge in [0, 0.05) is 16.0 Å². The molecule has 0 fully saturated rings. The molecule has 2 aromatic carbocycles. The van der Waals surface area contributed by atoms with Gasteiger partial charge in [0.1, 0.15) is 0 Å². The zero-order chi connectivity index (χ0) is 20.1. The molecule has 1 aromatic heterocycles. The number of pyridine rings is 1. The number of rotatable bonds is 6. The van der Waals surface area contributed by atoms with Gasteiger partial charge in [-0.3, -0.25) is 9.59 Å². The summed E-state index contributed by atoms with van der Waals surface area (Å²) < 4.78 is 5.09. The number of aromatic nitrogens is 1. The first-order chi connectivity index (χ1) is 13.4. The zero-order valence-electron chi connectivity index (χ0n) is 14.6. The van der Waals surface area contributed by atoms with Crippen LogP contribution in [0.1, 0.15) is 10.4 Å². The van der Waals surface area contributed by atoms with Gasteiger partial charge in [0.2, 0.25) is 5.91 Å². The summed E-state index contributed by atoms with van der Waals surface area (Å²) in [7, 11) is 0. The summed E-state index contributed by atoms with van der Waals surface area (Å²) in [4.78, 5) is 39.5. The first kappa shape index (κ1) is 19.3. The average molecular weight is 398 g/mol. The van der Waals surface area contributed by atoms with E-state index in [-0.39, 0.29) is 12.1 Å². The number of nitrogens with one attached hydrogen (secondary N) is 1. The number of para-hydroxylation sites is 1. The first-order valence-electron chi connectivity index (χ1n) is 8.32. The molecule has 7 nitrogen and oxygen atoms in total. The highest BCUT2D eigenvalue weighted by Crippen LogP contribution is 2.26. The molecule has 0 aliphatic carbocycles. The molecule has 0 aliphatic heterocycles. The second kappa shape index (κ2) is 8.49. The third-order valence-corrected chi connectivity index (χ3v) is 4.12. The van der Waals surface area contributed by atoms with Gasteiger partial charge in [-0.25, -0.2) is 9.78 Å². The van der Waals surface area contributed by atoms with Gasteiger partial charge in [0.15, 0.2) is 6.61 Å². The highest BCUT2D eigenvalue weighted by molar-refractivity contribution is 6.30. The molecule has 0 bridgehead atoms. The van der Waals surface area contributed by atoms with Crippen LogP contribution >= 0.6 is 11.6 Å². The quantitative estimate of drug-likeness (QED) is 0.620. The van der Waals surface area contributed by atoms with Gasteiger partial charge in [-0.15, -0.1) is 0 Å². The van der Waals surface area contributed by atoms with Crippen molar-refractivity contribution in [3.63, 3.8) is 0 Å². The lowest BCUT2D eigenvalue weighted by Crippen LogP contribution is -2.36. The van der Waals surface area contributed by atoms with E-state index in [1.807, 2.05) is 6.07 Å². The number of hydrogen-bond donors (Lipinski definition) is 2. The molecule has 0 aliphatic rings. The minimum absolute atomic E-state index is 0.276. The van der Waals surface area contributed by atoms with Crippen LogP contribution in [0.2, 0.25) is 5.02 Å². The highest BCUT2D eigenvalue weighted by Gasteiger charge is 2.16. The maximum atomic E-state index is 12.6. The van der Waals surface area contributed by atoms with Crippen molar-refractivity contribution in [2.75, 3.05) is 13.2 Å². The molecule has 3 rings (SSSR count). The van der Waals surface area contributed by atoms with E-state index >= 15 is 0 Å². The average Bonchev–Trinajstić information content (AvgIpc) is 2.70. The van der Waals surface area contributed by atoms with Crippen molar-refractivity contribution in [3.05, 3.63) is 65.2 Å². The fraction of sp³-hybridized carbons (Fsp3) is 0.100. The SMILES string of the molecule is NC(=O)CNC(=O)COC(=O)c1cc(-c2ccc(Cl)cc2)nc2ccccc12. The highest BCUT2D eigenvalue weighted by atomic mass is 35.5. The van der Waals surface area contributed by atoms with Gasteiger partial charge in [0.25, 0.3) is 5.91 Å². The van der Waals surface area contributed by atoms with Crippen LogP contribution < -0.4 is 11.1 Å². The number of halogens is 1. The third-order valence-electron chi connectivity index (χ3n) is 3.87. The summed E-state index contributed by atoms with van der Waals surface area (Å²) >= 11 is 5.93. The van der Waals surface area contributed by atoms with Crippen LogP contribution in [0.5, 0.6) is 0 Å². The minimum atomic E-state index is -0.688. The molecule has 0 atom stereocenters. The normalized spacial score (nSPS) is 10.5. The molecular formula is C20H16ClN3O4. The van der Waals surface area contributed by atoms with E-state index in [9.17, 15) is 14.4 Å². The van der Waals surface area contributed by atoms with Crippen molar-refractivity contribution < 1.29 is 19.1 Å². The Bertz CT molecular complexity index is 1050. The van der Waals surface area contributed by atoms with Crippen molar-refractivity contribution in [3.8, 4) is 11.3 Å². The Morgan fingerprint density at radius 2 is 1.79 bits per heavy atom. The predicted octanol–water partition coefficient (Wildman–Crippen LogP) is 2.31. The standard InChI is InChI=1S/C20H16ClN3O4/c21-13-7-5-12(6-8-13)17-9-15(14-3-1-2-4-16(14)24-17)20(27)28-11-19(26)23-10-18(22)25/h1-9H,10-11H2,(H2,22,25)(H,23,26). The molecule has 8 heteroatoms. The Hall–Kier alpha value is -3.45. The summed E-state index contributed by atoms with van der Waals surface area (Å²) in [6, 6.07) is 15.8. The second-order valence-corrected chi connectivity index (χ2v) is 6.33. The maximum absolute atomic E-state index is 12.6. The number of ether oxygens (including phenoxy) is 1. The zero-order valence-corrected chi connectivity index (χ0v) is 15.4. The van der Waals surface area contributed by atoms with Crippen molar-refractivity contribution >= 4 is 40.3 Å². The number of benzene rings is 2. The van der Waals surface area contributed by atoms with E-state index in [1.54, 1.807) is 48.5 Å². The van der Waals surface area contributed by atoms with E-state index < -0.39 is 24.4 Å². The van der Waals surface area contributed by atoms with Crippen LogP contribution in [-0.2, 0) is 14.3 Å². The van der Waals surface area contributed by atoms with Crippen molar-refractivity contribution in [1.29, 1.82) is 0 Å². The number of nitrogens with two attached hydrogens (primary N) is 1. The molecule has 142 valence electrons. The molecule has 3 N–H and O–H groups in total. The summed E-state index contributed by atoms with van der Waals surface area (Å²) in [5, 5.41) is 3.44. The Labute approximate surface area is 165 Å². The van der Waals surface area contributed by atoms with E-state index in [0.29, 0.717) is 21.6 Å². The van der Waals surface area contributed by atoms with Crippen LogP contribution in [0.3, 0.4) is 0 Å². The van der Waals surface area contributed by atoms with E-state index in [0.717, 1.165) is 5.56 Å². The minimum Gasteiger partial charge on any atom is -0.452 e. The maximum Gasteiger partial charge on any atom is 0.339 e. The van der Waals surface area contributed by atoms with Gasteiger partial charge in [-0.2, -0.15) is 0 Å². The molecular weight excluding hydrogens is 382 g/mol. The van der Waals surface area contributed by atoms with Crippen LogP contribution in [0, 0.1) is 0 Å². The molecule has 28 heavy (non-hydrogen) atoms. The Kier molecular flexibility index (Phi) is 5.86. The van der Waals surface area contributed by atoms with Gasteiger partial charge in [0.05, 0.1) is 23.3 Å². The van der Waals surface area contributed by atoms with E-state index in [2.05, 4.69) is 10.3 Å². The summed E-state index contributed by atoms with van der Waals surface area (Å²) in [5.41, 5.74) is 7.19. The van der Waals surface area contributed by atoms with Crippen LogP contribution in [0.4, 0.5) is 0 Å². The van der Waals surface area contributed by atoms with Crippen molar-refractivity contribution in [2.24, 2.45) is 5.73 Å². The number of nitrogens with zero attached hydrogens (tertiary/aromatic N) is 1. The van der Waals surface area contributed by atoms with Gasteiger partial charge in [-0.05, 0) is 24.3 Å². The topological polar surface area (TPSA) is 111 Å². The number of carbonyl (C=O) groups excluding carboxylic acids is 3. The fourth-order valence-electron chi connectivity index (χ4n) is 2.56. The van der Waals surface area contributed by atoms with Crippen molar-refractivity contribution in [2.45, 2.75) is 0 Å². The molecule has 0 unspecified atom stereocenters. The van der Waals surface area contributed by atoms with Crippen LogP contribution in [-0.4, -0.2) is 35.9 Å². The lowest BCUT2D eigenvalue weighted by atomic mass is 10.0. The van der Waals surface area contributed by atoms with Gasteiger partial charge >= 0.3 is 5.97 Å². The first-order valence-corrected chi connectivity index (χ1v) is 8.69. The number of hydrogen-bond acceptors (Lipinski definition) is 5. The van der Waals surface area contributed by atoms with E-state index in [4.69, 9.17) is 22.1 Å². The number of carbonyl (C=O) groups is 3. The molecule has 0 radical (unpaired) electrons. The summed E-state index contributed by atoms with van der Waals surface area (Å²) in [6.45, 7) is -0.853. The smallest absolute Gasteiger partial charge is 0.339 e.